The van der Waals surface area contributed by atoms with Crippen LogP contribution in [-0.2, 0) is 13.1 Å². The lowest BCUT2D eigenvalue weighted by atomic mass is 10.5. The molecule has 1 aromatic rings. The Labute approximate surface area is 80.2 Å². The molecule has 6 heteroatoms. The van der Waals surface area contributed by atoms with Crippen LogP contribution in [0.4, 0.5) is 5.82 Å². The standard InChI is InChI=1S/C8H13N3O3/c1-2-10-7(13)5-6(9)11(3-4-12)8(10)14/h5,12H,2-4,9H2,1H3. The first-order chi connectivity index (χ1) is 6.61. The zero-order chi connectivity index (χ0) is 10.7. The SMILES string of the molecule is CCn1c(=O)cc(N)n(CCO)c1=O. The summed E-state index contributed by atoms with van der Waals surface area (Å²) < 4.78 is 2.23. The van der Waals surface area contributed by atoms with Gasteiger partial charge in [0.1, 0.15) is 5.82 Å². The normalized spacial score (nSPS) is 10.4. The summed E-state index contributed by atoms with van der Waals surface area (Å²) in [5.74, 6) is 0.0822. The number of rotatable bonds is 3. The van der Waals surface area contributed by atoms with Crippen molar-refractivity contribution in [2.45, 2.75) is 20.0 Å². The summed E-state index contributed by atoms with van der Waals surface area (Å²) in [5.41, 5.74) is 4.58. The molecule has 6 nitrogen and oxygen atoms in total. The van der Waals surface area contributed by atoms with Crippen LogP contribution in [0.2, 0.25) is 0 Å². The number of anilines is 1. The summed E-state index contributed by atoms with van der Waals surface area (Å²) in [4.78, 5) is 22.8. The maximum absolute atomic E-state index is 11.6. The molecular formula is C8H13N3O3. The summed E-state index contributed by atoms with van der Waals surface area (Å²) in [5, 5.41) is 8.70. The predicted molar refractivity (Wildman–Crippen MR) is 52.1 cm³/mol. The van der Waals surface area contributed by atoms with E-state index in [9.17, 15) is 9.59 Å². The van der Waals surface area contributed by atoms with E-state index in [1.165, 1.54) is 10.6 Å². The smallest absolute Gasteiger partial charge is 0.332 e. The minimum atomic E-state index is -0.480. The lowest BCUT2D eigenvalue weighted by Crippen LogP contribution is -2.40. The van der Waals surface area contributed by atoms with E-state index in [1.807, 2.05) is 0 Å². The van der Waals surface area contributed by atoms with Gasteiger partial charge in [-0.1, -0.05) is 0 Å². The van der Waals surface area contributed by atoms with Gasteiger partial charge in [0, 0.05) is 12.6 Å². The topological polar surface area (TPSA) is 90.2 Å². The molecule has 0 aromatic carbocycles. The fourth-order valence-electron chi connectivity index (χ4n) is 1.25. The molecule has 1 aromatic heterocycles. The van der Waals surface area contributed by atoms with E-state index in [0.717, 1.165) is 4.57 Å². The second-order valence-electron chi connectivity index (χ2n) is 2.81. The minimum Gasteiger partial charge on any atom is -0.395 e. The number of nitrogens with zero attached hydrogens (tertiary/aromatic N) is 2. The third-order valence-electron chi connectivity index (χ3n) is 1.95. The van der Waals surface area contributed by atoms with E-state index < -0.39 is 11.2 Å². The van der Waals surface area contributed by atoms with E-state index in [0.29, 0.717) is 6.54 Å². The van der Waals surface area contributed by atoms with Crippen molar-refractivity contribution in [1.29, 1.82) is 0 Å². The number of aromatic nitrogens is 2. The molecule has 0 radical (unpaired) electrons. The van der Waals surface area contributed by atoms with Gasteiger partial charge < -0.3 is 10.8 Å². The van der Waals surface area contributed by atoms with Crippen LogP contribution in [0, 0.1) is 0 Å². The van der Waals surface area contributed by atoms with Crippen LogP contribution in [-0.4, -0.2) is 20.8 Å². The molecule has 0 amide bonds. The van der Waals surface area contributed by atoms with Gasteiger partial charge in [-0.05, 0) is 6.92 Å². The maximum atomic E-state index is 11.6. The van der Waals surface area contributed by atoms with E-state index in [1.54, 1.807) is 6.92 Å². The van der Waals surface area contributed by atoms with Crippen molar-refractivity contribution in [3.63, 3.8) is 0 Å². The number of hydrogen-bond donors (Lipinski definition) is 2. The molecule has 1 heterocycles. The molecule has 0 atom stereocenters. The van der Waals surface area contributed by atoms with E-state index in [2.05, 4.69) is 0 Å². The van der Waals surface area contributed by atoms with Crippen molar-refractivity contribution in [3.8, 4) is 0 Å². The zero-order valence-corrected chi connectivity index (χ0v) is 7.93. The van der Waals surface area contributed by atoms with E-state index in [-0.39, 0.29) is 19.0 Å². The van der Waals surface area contributed by atoms with Crippen molar-refractivity contribution in [3.05, 3.63) is 26.9 Å². The molecular weight excluding hydrogens is 186 g/mol. The van der Waals surface area contributed by atoms with Crippen LogP contribution >= 0.6 is 0 Å². The van der Waals surface area contributed by atoms with Gasteiger partial charge >= 0.3 is 5.69 Å². The summed E-state index contributed by atoms with van der Waals surface area (Å²) in [6.45, 7) is 1.91. The van der Waals surface area contributed by atoms with Gasteiger partial charge in [0.05, 0.1) is 13.2 Å². The molecule has 3 N–H and O–H groups in total. The van der Waals surface area contributed by atoms with Crippen LogP contribution in [0.15, 0.2) is 15.7 Å². The molecule has 0 bridgehead atoms. The minimum absolute atomic E-state index is 0.0822. The van der Waals surface area contributed by atoms with Gasteiger partial charge in [-0.3, -0.25) is 13.9 Å². The van der Waals surface area contributed by atoms with E-state index >= 15 is 0 Å². The lowest BCUT2D eigenvalue weighted by Gasteiger charge is -2.09. The van der Waals surface area contributed by atoms with E-state index in [4.69, 9.17) is 10.8 Å². The summed E-state index contributed by atoms with van der Waals surface area (Å²) >= 11 is 0. The molecule has 14 heavy (non-hydrogen) atoms. The molecule has 0 fully saturated rings. The molecule has 0 saturated carbocycles. The van der Waals surface area contributed by atoms with Crippen LogP contribution in [0.5, 0.6) is 0 Å². The first kappa shape index (κ1) is 10.5. The van der Waals surface area contributed by atoms with Crippen molar-refractivity contribution in [1.82, 2.24) is 9.13 Å². The number of nitrogen functional groups attached to an aromatic ring is 1. The van der Waals surface area contributed by atoms with Crippen molar-refractivity contribution >= 4 is 5.82 Å². The highest BCUT2D eigenvalue weighted by molar-refractivity contribution is 5.26. The Morgan fingerprint density at radius 1 is 1.43 bits per heavy atom. The summed E-state index contributed by atoms with van der Waals surface area (Å²) in [7, 11) is 0. The predicted octanol–water partition coefficient (Wildman–Crippen LogP) is -1.40. The third-order valence-corrected chi connectivity index (χ3v) is 1.95. The van der Waals surface area contributed by atoms with Crippen molar-refractivity contribution < 1.29 is 5.11 Å². The van der Waals surface area contributed by atoms with Crippen molar-refractivity contribution in [2.24, 2.45) is 0 Å². The van der Waals surface area contributed by atoms with Crippen LogP contribution in [0.1, 0.15) is 6.92 Å². The molecule has 0 aliphatic heterocycles. The number of hydrogen-bond acceptors (Lipinski definition) is 4. The first-order valence-corrected chi connectivity index (χ1v) is 4.32. The van der Waals surface area contributed by atoms with Gasteiger partial charge in [-0.15, -0.1) is 0 Å². The van der Waals surface area contributed by atoms with Gasteiger partial charge in [0.25, 0.3) is 5.56 Å². The molecule has 0 unspecified atom stereocenters. The Kier molecular flexibility index (Phi) is 3.08. The average Bonchev–Trinajstić information content (AvgIpc) is 2.12. The Hall–Kier alpha value is -1.56. The van der Waals surface area contributed by atoms with Crippen LogP contribution in [0.3, 0.4) is 0 Å². The summed E-state index contributed by atoms with van der Waals surface area (Å²) in [6, 6.07) is 1.18. The third kappa shape index (κ3) is 1.69. The van der Waals surface area contributed by atoms with Gasteiger partial charge in [0.15, 0.2) is 0 Å². The second kappa shape index (κ2) is 4.10. The zero-order valence-electron chi connectivity index (χ0n) is 7.93. The van der Waals surface area contributed by atoms with Crippen LogP contribution in [0.25, 0.3) is 0 Å². The highest BCUT2D eigenvalue weighted by Crippen LogP contribution is 1.92. The molecule has 0 aliphatic carbocycles. The van der Waals surface area contributed by atoms with Crippen molar-refractivity contribution in [2.75, 3.05) is 12.3 Å². The molecule has 0 aliphatic rings. The number of nitrogens with two attached hydrogens (primary N) is 1. The summed E-state index contributed by atoms with van der Waals surface area (Å²) in [6.07, 6.45) is 0. The Morgan fingerprint density at radius 2 is 2.07 bits per heavy atom. The molecule has 1 rings (SSSR count). The highest BCUT2D eigenvalue weighted by Gasteiger charge is 2.06. The number of aliphatic hydroxyl groups is 1. The number of aliphatic hydroxyl groups excluding tert-OH is 1. The van der Waals surface area contributed by atoms with Gasteiger partial charge in [-0.25, -0.2) is 4.79 Å². The average molecular weight is 199 g/mol. The second-order valence-corrected chi connectivity index (χ2v) is 2.81. The molecule has 0 saturated heterocycles. The highest BCUT2D eigenvalue weighted by atomic mass is 16.3. The monoisotopic (exact) mass is 199 g/mol. The first-order valence-electron chi connectivity index (χ1n) is 4.32. The fourth-order valence-corrected chi connectivity index (χ4v) is 1.25. The molecule has 0 spiro atoms. The van der Waals surface area contributed by atoms with Gasteiger partial charge in [0.2, 0.25) is 0 Å². The fraction of sp³-hybridized carbons (Fsp3) is 0.500. The Morgan fingerprint density at radius 3 is 2.57 bits per heavy atom. The lowest BCUT2D eigenvalue weighted by molar-refractivity contribution is 0.272. The largest absolute Gasteiger partial charge is 0.395 e. The van der Waals surface area contributed by atoms with Gasteiger partial charge in [-0.2, -0.15) is 0 Å². The Balaban J connectivity index is 3.44. The maximum Gasteiger partial charge on any atom is 0.332 e. The molecule has 78 valence electrons. The Bertz CT molecular complexity index is 432. The van der Waals surface area contributed by atoms with Crippen LogP contribution < -0.4 is 17.0 Å². The quantitative estimate of drug-likeness (QED) is 0.626.